The number of rotatable bonds is 2. The zero-order chi connectivity index (χ0) is 13.3. The van der Waals surface area contributed by atoms with E-state index in [4.69, 9.17) is 9.47 Å². The third-order valence-corrected chi connectivity index (χ3v) is 3.13. The van der Waals surface area contributed by atoms with Gasteiger partial charge in [0.05, 0.1) is 19.8 Å². The molecule has 1 aromatic rings. The fourth-order valence-electron chi connectivity index (χ4n) is 2.29. The standard InChI is InChI=1S/C14H14O4/c1-8-5-4-6-9-7-10(13(15)17-2)12(11(8)9)14(16)18-3/h4-7,12H,1-3H3. The SMILES string of the molecule is COC(=O)C1=Cc2cccc(C)c2C1C(=O)OC. The van der Waals surface area contributed by atoms with Gasteiger partial charge in [-0.25, -0.2) is 4.79 Å². The van der Waals surface area contributed by atoms with Crippen molar-refractivity contribution in [3.05, 3.63) is 40.5 Å². The van der Waals surface area contributed by atoms with Gasteiger partial charge in [-0.2, -0.15) is 0 Å². The van der Waals surface area contributed by atoms with Crippen molar-refractivity contribution in [1.82, 2.24) is 0 Å². The van der Waals surface area contributed by atoms with Gasteiger partial charge in [-0.1, -0.05) is 18.2 Å². The number of carbonyl (C=O) groups is 2. The highest BCUT2D eigenvalue weighted by atomic mass is 16.5. The molecule has 1 aliphatic rings. The quantitative estimate of drug-likeness (QED) is 0.747. The first-order valence-corrected chi connectivity index (χ1v) is 5.57. The molecule has 18 heavy (non-hydrogen) atoms. The third-order valence-electron chi connectivity index (χ3n) is 3.13. The fraction of sp³-hybridized carbons (Fsp3) is 0.286. The van der Waals surface area contributed by atoms with Crippen LogP contribution in [0, 0.1) is 6.92 Å². The Morgan fingerprint density at radius 2 is 1.89 bits per heavy atom. The van der Waals surface area contributed by atoms with Crippen molar-refractivity contribution in [2.24, 2.45) is 0 Å². The highest BCUT2D eigenvalue weighted by molar-refractivity contribution is 6.06. The molecule has 0 bridgehead atoms. The van der Waals surface area contributed by atoms with E-state index in [2.05, 4.69) is 0 Å². The van der Waals surface area contributed by atoms with E-state index in [1.807, 2.05) is 25.1 Å². The second-order valence-electron chi connectivity index (χ2n) is 4.13. The van der Waals surface area contributed by atoms with Crippen LogP contribution in [-0.4, -0.2) is 26.2 Å². The average molecular weight is 246 g/mol. The lowest BCUT2D eigenvalue weighted by atomic mass is 9.92. The summed E-state index contributed by atoms with van der Waals surface area (Å²) in [5.74, 6) is -1.63. The van der Waals surface area contributed by atoms with Crippen molar-refractivity contribution < 1.29 is 19.1 Å². The van der Waals surface area contributed by atoms with E-state index in [0.717, 1.165) is 16.7 Å². The maximum atomic E-state index is 11.9. The van der Waals surface area contributed by atoms with Crippen LogP contribution in [-0.2, 0) is 19.1 Å². The van der Waals surface area contributed by atoms with E-state index < -0.39 is 17.9 Å². The van der Waals surface area contributed by atoms with E-state index in [9.17, 15) is 9.59 Å². The Balaban J connectivity index is 2.56. The summed E-state index contributed by atoms with van der Waals surface area (Å²) in [6.07, 6.45) is 1.69. The predicted molar refractivity (Wildman–Crippen MR) is 65.9 cm³/mol. The smallest absolute Gasteiger partial charge is 0.334 e. The maximum absolute atomic E-state index is 11.9. The molecule has 0 aliphatic heterocycles. The van der Waals surface area contributed by atoms with Crippen LogP contribution in [0.25, 0.3) is 6.08 Å². The summed E-state index contributed by atoms with van der Waals surface area (Å²) >= 11 is 0. The summed E-state index contributed by atoms with van der Waals surface area (Å²) in [6.45, 7) is 1.91. The molecule has 0 saturated carbocycles. The predicted octanol–water partition coefficient (Wildman–Crippen LogP) is 1.82. The molecule has 0 saturated heterocycles. The molecule has 1 aliphatic carbocycles. The first-order valence-electron chi connectivity index (χ1n) is 5.57. The summed E-state index contributed by atoms with van der Waals surface area (Å²) < 4.78 is 9.50. The number of carbonyl (C=O) groups excluding carboxylic acids is 2. The first-order chi connectivity index (χ1) is 8.60. The Kier molecular flexibility index (Phi) is 3.19. The summed E-state index contributed by atoms with van der Waals surface area (Å²) in [5.41, 5.74) is 2.97. The van der Waals surface area contributed by atoms with Crippen LogP contribution >= 0.6 is 0 Å². The molecule has 2 rings (SSSR count). The molecular formula is C14H14O4. The van der Waals surface area contributed by atoms with Crippen LogP contribution in [0.15, 0.2) is 23.8 Å². The number of methoxy groups -OCH3 is 2. The van der Waals surface area contributed by atoms with Crippen LogP contribution in [0.3, 0.4) is 0 Å². The summed E-state index contributed by atoms with van der Waals surface area (Å²) in [7, 11) is 2.61. The molecule has 0 amide bonds. The summed E-state index contributed by atoms with van der Waals surface area (Å²) in [4.78, 5) is 23.6. The summed E-state index contributed by atoms with van der Waals surface area (Å²) in [6, 6.07) is 5.66. The number of ether oxygens (including phenoxy) is 2. The molecule has 0 aromatic heterocycles. The molecule has 1 aromatic carbocycles. The van der Waals surface area contributed by atoms with Crippen LogP contribution in [0.2, 0.25) is 0 Å². The monoisotopic (exact) mass is 246 g/mol. The van der Waals surface area contributed by atoms with Gasteiger partial charge in [0, 0.05) is 0 Å². The van der Waals surface area contributed by atoms with Gasteiger partial charge in [0.15, 0.2) is 0 Å². The van der Waals surface area contributed by atoms with Crippen LogP contribution in [0.5, 0.6) is 0 Å². The van der Waals surface area contributed by atoms with E-state index in [1.165, 1.54) is 14.2 Å². The van der Waals surface area contributed by atoms with Gasteiger partial charge >= 0.3 is 11.9 Å². The highest BCUT2D eigenvalue weighted by Crippen LogP contribution is 2.39. The molecule has 0 fully saturated rings. The van der Waals surface area contributed by atoms with Gasteiger partial charge < -0.3 is 9.47 Å². The molecule has 0 N–H and O–H groups in total. The average Bonchev–Trinajstić information content (AvgIpc) is 2.77. The second kappa shape index (κ2) is 4.64. The van der Waals surface area contributed by atoms with Gasteiger partial charge in [-0.15, -0.1) is 0 Å². The van der Waals surface area contributed by atoms with Gasteiger partial charge in [0.25, 0.3) is 0 Å². The van der Waals surface area contributed by atoms with E-state index in [1.54, 1.807) is 6.08 Å². The molecule has 1 unspecified atom stereocenters. The molecule has 94 valence electrons. The van der Waals surface area contributed by atoms with Crippen LogP contribution < -0.4 is 0 Å². The normalized spacial score (nSPS) is 16.8. The Morgan fingerprint density at radius 1 is 1.17 bits per heavy atom. The fourth-order valence-corrected chi connectivity index (χ4v) is 2.29. The maximum Gasteiger partial charge on any atom is 0.334 e. The van der Waals surface area contributed by atoms with Crippen molar-refractivity contribution in [3.63, 3.8) is 0 Å². The molecular weight excluding hydrogens is 232 g/mol. The van der Waals surface area contributed by atoms with E-state index in [0.29, 0.717) is 5.57 Å². The number of benzene rings is 1. The van der Waals surface area contributed by atoms with Crippen LogP contribution in [0.4, 0.5) is 0 Å². The van der Waals surface area contributed by atoms with Gasteiger partial charge in [0.1, 0.15) is 5.92 Å². The molecule has 1 atom stereocenters. The van der Waals surface area contributed by atoms with Gasteiger partial charge in [0.2, 0.25) is 0 Å². The third kappa shape index (κ3) is 1.79. The number of aryl methyl sites for hydroxylation is 1. The number of fused-ring (bicyclic) bond motifs is 1. The largest absolute Gasteiger partial charge is 0.468 e. The molecule has 0 spiro atoms. The van der Waals surface area contributed by atoms with E-state index >= 15 is 0 Å². The topological polar surface area (TPSA) is 52.6 Å². The first kappa shape index (κ1) is 12.4. The molecule has 0 heterocycles. The lowest BCUT2D eigenvalue weighted by Gasteiger charge is -2.14. The van der Waals surface area contributed by atoms with Crippen molar-refractivity contribution in [2.75, 3.05) is 14.2 Å². The van der Waals surface area contributed by atoms with Gasteiger partial charge in [-0.05, 0) is 29.7 Å². The summed E-state index contributed by atoms with van der Waals surface area (Å²) in [5, 5.41) is 0. The van der Waals surface area contributed by atoms with Crippen molar-refractivity contribution in [2.45, 2.75) is 12.8 Å². The lowest BCUT2D eigenvalue weighted by Crippen LogP contribution is -2.20. The highest BCUT2D eigenvalue weighted by Gasteiger charge is 2.37. The van der Waals surface area contributed by atoms with Crippen LogP contribution in [0.1, 0.15) is 22.6 Å². The molecule has 4 nitrogen and oxygen atoms in total. The van der Waals surface area contributed by atoms with E-state index in [-0.39, 0.29) is 0 Å². The number of hydrogen-bond acceptors (Lipinski definition) is 4. The Morgan fingerprint density at radius 3 is 2.50 bits per heavy atom. The zero-order valence-electron chi connectivity index (χ0n) is 10.5. The molecule has 4 heteroatoms. The van der Waals surface area contributed by atoms with Gasteiger partial charge in [-0.3, -0.25) is 4.79 Å². The Labute approximate surface area is 105 Å². The van der Waals surface area contributed by atoms with Crippen molar-refractivity contribution in [1.29, 1.82) is 0 Å². The molecule has 0 radical (unpaired) electrons. The minimum atomic E-state index is -0.682. The minimum Gasteiger partial charge on any atom is -0.468 e. The number of hydrogen-bond donors (Lipinski definition) is 0. The minimum absolute atomic E-state index is 0.327. The zero-order valence-corrected chi connectivity index (χ0v) is 10.5. The lowest BCUT2D eigenvalue weighted by molar-refractivity contribution is -0.144. The van der Waals surface area contributed by atoms with Crippen molar-refractivity contribution >= 4 is 18.0 Å². The second-order valence-corrected chi connectivity index (χ2v) is 4.13. The number of esters is 2. The Hall–Kier alpha value is -2.10. The Bertz CT molecular complexity index is 543. The van der Waals surface area contributed by atoms with Crippen molar-refractivity contribution in [3.8, 4) is 0 Å².